The number of nitrogens with zero attached hydrogens (tertiary/aromatic N) is 1. The molecular weight excluding hydrogens is 248 g/mol. The lowest BCUT2D eigenvalue weighted by Crippen LogP contribution is -2.34. The molecule has 1 rings (SSSR count). The van der Waals surface area contributed by atoms with Crippen LogP contribution in [0.5, 0.6) is 0 Å². The Balaban J connectivity index is 2.51. The van der Waals surface area contributed by atoms with Gasteiger partial charge in [0.25, 0.3) is 0 Å². The zero-order valence-corrected chi connectivity index (χ0v) is 11.9. The van der Waals surface area contributed by atoms with Gasteiger partial charge in [0.05, 0.1) is 13.2 Å². The molecule has 1 atom stereocenters. The fraction of sp³-hybridized carbons (Fsp3) is 0.615. The second-order valence-electron chi connectivity index (χ2n) is 4.40. The molecule has 0 saturated carbocycles. The fourth-order valence-electron chi connectivity index (χ4n) is 1.59. The van der Waals surface area contributed by atoms with E-state index in [0.717, 1.165) is 6.42 Å². The van der Waals surface area contributed by atoms with E-state index in [4.69, 9.17) is 10.5 Å². The Morgan fingerprint density at radius 3 is 2.94 bits per heavy atom. The molecule has 1 aromatic heterocycles. The predicted octanol–water partition coefficient (Wildman–Crippen LogP) is 1.85. The molecule has 102 valence electrons. The van der Waals surface area contributed by atoms with Crippen LogP contribution in [0.15, 0.2) is 17.5 Å². The monoisotopic (exact) mass is 270 g/mol. The summed E-state index contributed by atoms with van der Waals surface area (Å²) in [6, 6.07) is 4.12. The largest absolute Gasteiger partial charge is 0.383 e. The molecule has 0 aliphatic rings. The van der Waals surface area contributed by atoms with Crippen LogP contribution in [-0.2, 0) is 16.1 Å². The topological polar surface area (TPSA) is 55.6 Å². The van der Waals surface area contributed by atoms with Gasteiger partial charge in [0, 0.05) is 31.0 Å². The Hall–Kier alpha value is -0.910. The Morgan fingerprint density at radius 1 is 1.61 bits per heavy atom. The normalized spacial score (nSPS) is 12.4. The van der Waals surface area contributed by atoms with Crippen molar-refractivity contribution < 1.29 is 9.53 Å². The van der Waals surface area contributed by atoms with Crippen LogP contribution in [0.3, 0.4) is 0 Å². The SMILES string of the molecule is COCCN(Cc1cccs1)C(=O)CCC(C)N. The maximum Gasteiger partial charge on any atom is 0.223 e. The number of amides is 1. The summed E-state index contributed by atoms with van der Waals surface area (Å²) >= 11 is 1.67. The van der Waals surface area contributed by atoms with Gasteiger partial charge in [-0.3, -0.25) is 4.79 Å². The third-order valence-electron chi connectivity index (χ3n) is 2.66. The van der Waals surface area contributed by atoms with Crippen LogP contribution in [0.4, 0.5) is 0 Å². The van der Waals surface area contributed by atoms with Crippen LogP contribution >= 0.6 is 11.3 Å². The third-order valence-corrected chi connectivity index (χ3v) is 3.52. The van der Waals surface area contributed by atoms with E-state index in [2.05, 4.69) is 0 Å². The molecule has 1 amide bonds. The summed E-state index contributed by atoms with van der Waals surface area (Å²) in [7, 11) is 1.65. The first-order valence-electron chi connectivity index (χ1n) is 6.18. The van der Waals surface area contributed by atoms with Crippen LogP contribution in [0.1, 0.15) is 24.6 Å². The molecule has 5 heteroatoms. The minimum absolute atomic E-state index is 0.0694. The van der Waals surface area contributed by atoms with Crippen molar-refractivity contribution in [2.24, 2.45) is 5.73 Å². The second kappa shape index (κ2) is 8.24. The summed E-state index contributed by atoms with van der Waals surface area (Å²) in [6.07, 6.45) is 1.24. The maximum atomic E-state index is 12.1. The lowest BCUT2D eigenvalue weighted by atomic mass is 10.2. The van der Waals surface area contributed by atoms with Crippen molar-refractivity contribution in [1.29, 1.82) is 0 Å². The smallest absolute Gasteiger partial charge is 0.223 e. The van der Waals surface area contributed by atoms with Crippen molar-refractivity contribution in [2.45, 2.75) is 32.4 Å². The first kappa shape index (κ1) is 15.1. The zero-order valence-electron chi connectivity index (χ0n) is 11.1. The summed E-state index contributed by atoms with van der Waals surface area (Å²) in [5, 5.41) is 2.02. The third kappa shape index (κ3) is 5.62. The van der Waals surface area contributed by atoms with Crippen LogP contribution in [0, 0.1) is 0 Å². The van der Waals surface area contributed by atoms with E-state index in [-0.39, 0.29) is 11.9 Å². The van der Waals surface area contributed by atoms with Gasteiger partial charge in [0.15, 0.2) is 0 Å². The van der Waals surface area contributed by atoms with Crippen molar-refractivity contribution in [2.75, 3.05) is 20.3 Å². The summed E-state index contributed by atoms with van der Waals surface area (Å²) in [6.45, 7) is 3.78. The molecule has 2 N–H and O–H groups in total. The highest BCUT2D eigenvalue weighted by molar-refractivity contribution is 7.09. The van der Waals surface area contributed by atoms with Gasteiger partial charge < -0.3 is 15.4 Å². The average Bonchev–Trinajstić information content (AvgIpc) is 2.84. The summed E-state index contributed by atoms with van der Waals surface area (Å²) in [5.41, 5.74) is 5.68. The van der Waals surface area contributed by atoms with Crippen molar-refractivity contribution in [3.05, 3.63) is 22.4 Å². The fourth-order valence-corrected chi connectivity index (χ4v) is 2.31. The lowest BCUT2D eigenvalue weighted by Gasteiger charge is -2.22. The van der Waals surface area contributed by atoms with Crippen LogP contribution in [0.25, 0.3) is 0 Å². The van der Waals surface area contributed by atoms with E-state index in [1.165, 1.54) is 4.88 Å². The molecule has 0 aliphatic heterocycles. The number of rotatable bonds is 8. The molecule has 1 unspecified atom stereocenters. The first-order valence-corrected chi connectivity index (χ1v) is 7.06. The van der Waals surface area contributed by atoms with Gasteiger partial charge in [-0.05, 0) is 24.8 Å². The molecule has 1 aromatic rings. The summed E-state index contributed by atoms with van der Waals surface area (Å²) in [5.74, 6) is 0.151. The highest BCUT2D eigenvalue weighted by Crippen LogP contribution is 2.13. The molecule has 0 aromatic carbocycles. The number of hydrogen-bond acceptors (Lipinski definition) is 4. The van der Waals surface area contributed by atoms with Gasteiger partial charge in [0.1, 0.15) is 0 Å². The average molecular weight is 270 g/mol. The van der Waals surface area contributed by atoms with Gasteiger partial charge in [-0.2, -0.15) is 0 Å². The van der Waals surface area contributed by atoms with Crippen LogP contribution in [0.2, 0.25) is 0 Å². The van der Waals surface area contributed by atoms with Crippen molar-refractivity contribution >= 4 is 17.2 Å². The molecule has 1 heterocycles. The van der Waals surface area contributed by atoms with Crippen molar-refractivity contribution in [3.8, 4) is 0 Å². The van der Waals surface area contributed by atoms with Crippen molar-refractivity contribution in [3.63, 3.8) is 0 Å². The molecule has 0 aliphatic carbocycles. The second-order valence-corrected chi connectivity index (χ2v) is 5.44. The van der Waals surface area contributed by atoms with Gasteiger partial charge in [-0.25, -0.2) is 0 Å². The van der Waals surface area contributed by atoms with E-state index < -0.39 is 0 Å². The first-order chi connectivity index (χ1) is 8.63. The highest BCUT2D eigenvalue weighted by Gasteiger charge is 2.14. The molecule has 18 heavy (non-hydrogen) atoms. The van der Waals surface area contributed by atoms with Gasteiger partial charge in [0.2, 0.25) is 5.91 Å². The predicted molar refractivity (Wildman–Crippen MR) is 74.5 cm³/mol. The standard InChI is InChI=1S/C13H22N2O2S/c1-11(14)5-6-13(16)15(7-8-17-2)10-12-4-3-9-18-12/h3-4,9,11H,5-8,10,14H2,1-2H3. The van der Waals surface area contributed by atoms with E-state index in [0.29, 0.717) is 26.1 Å². The summed E-state index contributed by atoms with van der Waals surface area (Å²) < 4.78 is 5.05. The molecule has 0 saturated heterocycles. The molecule has 0 radical (unpaired) electrons. The number of nitrogens with two attached hydrogens (primary N) is 1. The van der Waals surface area contributed by atoms with E-state index >= 15 is 0 Å². The van der Waals surface area contributed by atoms with E-state index in [9.17, 15) is 4.79 Å². The molecule has 0 fully saturated rings. The number of carbonyl (C=O) groups is 1. The Morgan fingerprint density at radius 2 is 2.39 bits per heavy atom. The number of carbonyl (C=O) groups excluding carboxylic acids is 1. The number of methoxy groups -OCH3 is 1. The van der Waals surface area contributed by atoms with E-state index in [1.807, 2.05) is 29.3 Å². The van der Waals surface area contributed by atoms with Crippen LogP contribution in [-0.4, -0.2) is 37.1 Å². The minimum atomic E-state index is 0.0694. The van der Waals surface area contributed by atoms with Crippen molar-refractivity contribution in [1.82, 2.24) is 4.90 Å². The number of hydrogen-bond donors (Lipinski definition) is 1. The molecule has 4 nitrogen and oxygen atoms in total. The maximum absolute atomic E-state index is 12.1. The number of thiophene rings is 1. The van der Waals surface area contributed by atoms with E-state index in [1.54, 1.807) is 18.4 Å². The summed E-state index contributed by atoms with van der Waals surface area (Å²) in [4.78, 5) is 15.1. The Labute approximate surface area is 113 Å². The molecule has 0 bridgehead atoms. The van der Waals surface area contributed by atoms with Crippen LogP contribution < -0.4 is 5.73 Å². The molecule has 0 spiro atoms. The number of ether oxygens (including phenoxy) is 1. The molecular formula is C13H22N2O2S. The highest BCUT2D eigenvalue weighted by atomic mass is 32.1. The van der Waals surface area contributed by atoms with Gasteiger partial charge in [-0.15, -0.1) is 11.3 Å². The quantitative estimate of drug-likeness (QED) is 0.784. The Kier molecular flexibility index (Phi) is 6.93. The lowest BCUT2D eigenvalue weighted by molar-refractivity contribution is -0.132. The minimum Gasteiger partial charge on any atom is -0.383 e. The Bertz CT molecular complexity index is 339. The van der Waals surface area contributed by atoms with Gasteiger partial charge >= 0.3 is 0 Å². The zero-order chi connectivity index (χ0) is 13.4. The van der Waals surface area contributed by atoms with Gasteiger partial charge in [-0.1, -0.05) is 6.07 Å².